The van der Waals surface area contributed by atoms with Gasteiger partial charge in [0.25, 0.3) is 5.91 Å². The number of hydrogen-bond acceptors (Lipinski definition) is 7. The number of carbonyl (C=O) groups excluding carboxylic acids is 1. The highest BCUT2D eigenvalue weighted by molar-refractivity contribution is 6.03. The zero-order chi connectivity index (χ0) is 23.3. The number of rotatable bonds is 4. The fourth-order valence-electron chi connectivity index (χ4n) is 3.39. The Morgan fingerprint density at radius 2 is 2.06 bits per heavy atom. The van der Waals surface area contributed by atoms with Crippen molar-refractivity contribution < 1.29 is 22.5 Å². The summed E-state index contributed by atoms with van der Waals surface area (Å²) in [5.41, 5.74) is 0.856. The second-order valence-corrected chi connectivity index (χ2v) is 7.35. The Hall–Kier alpha value is -4.29. The lowest BCUT2D eigenvalue weighted by atomic mass is 10.2. The van der Waals surface area contributed by atoms with Gasteiger partial charge in [0.15, 0.2) is 11.5 Å². The molecular formula is C20H15F3N8O2. The van der Waals surface area contributed by atoms with E-state index in [4.69, 9.17) is 4.52 Å². The molecule has 10 nitrogen and oxygen atoms in total. The van der Waals surface area contributed by atoms with Crippen LogP contribution in [-0.2, 0) is 13.2 Å². The first-order valence-corrected chi connectivity index (χ1v) is 9.68. The van der Waals surface area contributed by atoms with Gasteiger partial charge in [0.05, 0.1) is 34.2 Å². The van der Waals surface area contributed by atoms with Crippen LogP contribution >= 0.6 is 0 Å². The van der Waals surface area contributed by atoms with Gasteiger partial charge in [-0.3, -0.25) is 9.48 Å². The molecule has 1 atom stereocenters. The van der Waals surface area contributed by atoms with E-state index in [1.54, 1.807) is 20.0 Å². The lowest BCUT2D eigenvalue weighted by Gasteiger charge is -2.10. The minimum atomic E-state index is -4.46. The van der Waals surface area contributed by atoms with E-state index in [1.807, 2.05) is 0 Å². The SMILES string of the molecule is C[C@@H](NC(=O)c1ncnc2c1cnn2C)c1cc(-c2nc3ccc(C(F)(F)F)cc3[nH]2)on1. The topological polar surface area (TPSA) is 127 Å². The third kappa shape index (κ3) is 3.66. The van der Waals surface area contributed by atoms with Crippen molar-refractivity contribution in [1.29, 1.82) is 0 Å². The standard InChI is InChI=1S/C20H15F3N8O2/c1-9(27-19(32)16-11-7-26-31(2)18(11)25-8-24-16)13-6-15(33-30-13)17-28-12-4-3-10(20(21,22)23)5-14(12)29-17/h3-9H,1-2H3,(H,27,32)(H,28,29)/t9-/m1/s1. The number of nitrogens with zero attached hydrogens (tertiary/aromatic N) is 6. The van der Waals surface area contributed by atoms with Crippen LogP contribution in [0.4, 0.5) is 13.2 Å². The highest BCUT2D eigenvalue weighted by Gasteiger charge is 2.31. The number of H-pyrrole nitrogens is 1. The van der Waals surface area contributed by atoms with E-state index in [2.05, 4.69) is 35.5 Å². The summed E-state index contributed by atoms with van der Waals surface area (Å²) in [6.07, 6.45) is -1.67. The Morgan fingerprint density at radius 1 is 1.24 bits per heavy atom. The predicted octanol–water partition coefficient (Wildman–Crippen LogP) is 3.40. The van der Waals surface area contributed by atoms with Crippen LogP contribution in [0.15, 0.2) is 41.3 Å². The molecule has 0 aliphatic rings. The Balaban J connectivity index is 1.37. The molecule has 0 radical (unpaired) electrons. The normalized spacial score (nSPS) is 13.0. The van der Waals surface area contributed by atoms with Crippen LogP contribution < -0.4 is 5.32 Å². The molecule has 4 heterocycles. The fourth-order valence-corrected chi connectivity index (χ4v) is 3.39. The molecule has 168 valence electrons. The number of nitrogens with one attached hydrogen (secondary N) is 2. The quantitative estimate of drug-likeness (QED) is 0.424. The summed E-state index contributed by atoms with van der Waals surface area (Å²) in [6, 6.07) is 4.21. The van der Waals surface area contributed by atoms with Crippen molar-refractivity contribution in [2.45, 2.75) is 19.1 Å². The zero-order valence-electron chi connectivity index (χ0n) is 17.2. The molecular weight excluding hydrogens is 441 g/mol. The van der Waals surface area contributed by atoms with Crippen LogP contribution in [0.3, 0.4) is 0 Å². The highest BCUT2D eigenvalue weighted by Crippen LogP contribution is 2.32. The van der Waals surface area contributed by atoms with E-state index in [1.165, 1.54) is 23.3 Å². The molecule has 1 aromatic carbocycles. The van der Waals surface area contributed by atoms with Gasteiger partial charge in [-0.1, -0.05) is 5.16 Å². The number of carbonyl (C=O) groups is 1. The number of benzene rings is 1. The number of hydrogen-bond donors (Lipinski definition) is 2. The van der Waals surface area contributed by atoms with Crippen LogP contribution in [0.25, 0.3) is 33.7 Å². The first-order valence-electron chi connectivity index (χ1n) is 9.68. The van der Waals surface area contributed by atoms with E-state index < -0.39 is 23.7 Å². The molecule has 33 heavy (non-hydrogen) atoms. The van der Waals surface area contributed by atoms with Gasteiger partial charge in [-0.25, -0.2) is 15.0 Å². The van der Waals surface area contributed by atoms with Crippen molar-refractivity contribution in [1.82, 2.24) is 40.2 Å². The summed E-state index contributed by atoms with van der Waals surface area (Å²) in [5, 5.41) is 11.3. The number of aromatic amines is 1. The molecule has 0 unspecified atom stereocenters. The van der Waals surface area contributed by atoms with Crippen LogP contribution in [-0.4, -0.2) is 40.8 Å². The number of fused-ring (bicyclic) bond motifs is 2. The maximum atomic E-state index is 12.9. The van der Waals surface area contributed by atoms with E-state index in [0.717, 1.165) is 12.1 Å². The number of alkyl halides is 3. The number of aryl methyl sites for hydroxylation is 1. The van der Waals surface area contributed by atoms with Gasteiger partial charge in [0.2, 0.25) is 5.76 Å². The molecule has 0 spiro atoms. The minimum Gasteiger partial charge on any atom is -0.353 e. The van der Waals surface area contributed by atoms with E-state index in [9.17, 15) is 18.0 Å². The Bertz CT molecular complexity index is 1500. The molecule has 13 heteroatoms. The van der Waals surface area contributed by atoms with Crippen molar-refractivity contribution >= 4 is 28.0 Å². The van der Waals surface area contributed by atoms with E-state index in [0.29, 0.717) is 22.2 Å². The smallest absolute Gasteiger partial charge is 0.353 e. The molecule has 0 fully saturated rings. The summed E-state index contributed by atoms with van der Waals surface area (Å²) in [6.45, 7) is 1.70. The largest absolute Gasteiger partial charge is 0.416 e. The number of amides is 1. The van der Waals surface area contributed by atoms with Crippen molar-refractivity contribution in [3.8, 4) is 11.6 Å². The first kappa shape index (κ1) is 20.6. The van der Waals surface area contributed by atoms with Gasteiger partial charge in [0.1, 0.15) is 17.7 Å². The molecule has 0 bridgehead atoms. The van der Waals surface area contributed by atoms with Crippen LogP contribution in [0.2, 0.25) is 0 Å². The van der Waals surface area contributed by atoms with Crippen molar-refractivity contribution in [2.24, 2.45) is 7.05 Å². The molecule has 2 N–H and O–H groups in total. The summed E-state index contributed by atoms with van der Waals surface area (Å²) in [7, 11) is 1.71. The molecule has 1 amide bonds. The summed E-state index contributed by atoms with van der Waals surface area (Å²) >= 11 is 0. The van der Waals surface area contributed by atoms with Gasteiger partial charge >= 0.3 is 6.18 Å². The van der Waals surface area contributed by atoms with Gasteiger partial charge in [-0.2, -0.15) is 18.3 Å². The second kappa shape index (κ2) is 7.39. The highest BCUT2D eigenvalue weighted by atomic mass is 19.4. The third-order valence-corrected chi connectivity index (χ3v) is 5.11. The van der Waals surface area contributed by atoms with Crippen molar-refractivity contribution in [2.75, 3.05) is 0 Å². The number of imidazole rings is 1. The summed E-state index contributed by atoms with van der Waals surface area (Å²) in [4.78, 5) is 28.0. The van der Waals surface area contributed by atoms with Crippen molar-refractivity contribution in [3.63, 3.8) is 0 Å². The maximum Gasteiger partial charge on any atom is 0.416 e. The first-order chi connectivity index (χ1) is 15.7. The maximum absolute atomic E-state index is 12.9. The lowest BCUT2D eigenvalue weighted by molar-refractivity contribution is -0.137. The van der Waals surface area contributed by atoms with Crippen LogP contribution in [0, 0.1) is 0 Å². The minimum absolute atomic E-state index is 0.168. The number of halogens is 3. The molecule has 0 aliphatic heterocycles. The Kier molecular flexibility index (Phi) is 4.62. The van der Waals surface area contributed by atoms with Crippen LogP contribution in [0.5, 0.6) is 0 Å². The van der Waals surface area contributed by atoms with Gasteiger partial charge in [-0.15, -0.1) is 0 Å². The van der Waals surface area contributed by atoms with Gasteiger partial charge in [-0.05, 0) is 25.1 Å². The second-order valence-electron chi connectivity index (χ2n) is 7.35. The average Bonchev–Trinajstić information content (AvgIpc) is 3.50. The zero-order valence-corrected chi connectivity index (χ0v) is 17.2. The van der Waals surface area contributed by atoms with Gasteiger partial charge < -0.3 is 14.8 Å². The average molecular weight is 456 g/mol. The van der Waals surface area contributed by atoms with E-state index in [-0.39, 0.29) is 22.8 Å². The lowest BCUT2D eigenvalue weighted by Crippen LogP contribution is -2.27. The fraction of sp³-hybridized carbons (Fsp3) is 0.200. The van der Waals surface area contributed by atoms with E-state index >= 15 is 0 Å². The summed E-state index contributed by atoms with van der Waals surface area (Å²) in [5.74, 6) is -0.0159. The molecule has 0 aliphatic carbocycles. The molecule has 0 saturated heterocycles. The molecule has 4 aromatic heterocycles. The molecule has 5 rings (SSSR count). The number of aromatic nitrogens is 7. The Morgan fingerprint density at radius 3 is 2.85 bits per heavy atom. The molecule has 0 saturated carbocycles. The predicted molar refractivity (Wildman–Crippen MR) is 109 cm³/mol. The third-order valence-electron chi connectivity index (χ3n) is 5.11. The Labute approximate surface area is 182 Å². The molecule has 5 aromatic rings. The summed E-state index contributed by atoms with van der Waals surface area (Å²) < 4.78 is 45.7. The van der Waals surface area contributed by atoms with Gasteiger partial charge in [0, 0.05) is 13.1 Å². The monoisotopic (exact) mass is 456 g/mol. The van der Waals surface area contributed by atoms with Crippen molar-refractivity contribution in [3.05, 3.63) is 53.7 Å². The van der Waals surface area contributed by atoms with Crippen LogP contribution in [0.1, 0.15) is 34.7 Å².